The van der Waals surface area contributed by atoms with E-state index in [0.29, 0.717) is 16.7 Å². The number of methoxy groups -OCH3 is 1. The van der Waals surface area contributed by atoms with E-state index in [-0.39, 0.29) is 22.6 Å². The van der Waals surface area contributed by atoms with Crippen LogP contribution >= 0.6 is 0 Å². The normalized spacial score (nSPS) is 11.4. The topological polar surface area (TPSA) is 136 Å². The molecule has 2 N–H and O–H groups in total. The van der Waals surface area contributed by atoms with E-state index in [2.05, 4.69) is 0 Å². The summed E-state index contributed by atoms with van der Waals surface area (Å²) in [4.78, 5) is 49.8. The molecule has 0 aromatic heterocycles. The van der Waals surface area contributed by atoms with Crippen molar-refractivity contribution < 1.29 is 56.8 Å². The number of rotatable bonds is 11. The fourth-order valence-corrected chi connectivity index (χ4v) is 4.49. The average molecular weight is 623 g/mol. The average Bonchev–Trinajstić information content (AvgIpc) is 3.02. The molecular formula is C33H25F3O9. The van der Waals surface area contributed by atoms with Crippen LogP contribution in [0.3, 0.4) is 0 Å². The summed E-state index contributed by atoms with van der Waals surface area (Å²) in [6.07, 6.45) is -4.91. The van der Waals surface area contributed by atoms with Crippen LogP contribution in [0, 0.1) is 0 Å². The number of alkyl halides is 3. The highest BCUT2D eigenvalue weighted by molar-refractivity contribution is 6.05. The van der Waals surface area contributed by atoms with Crippen LogP contribution in [0.4, 0.5) is 13.2 Å². The van der Waals surface area contributed by atoms with Crippen molar-refractivity contribution in [1.29, 1.82) is 0 Å². The standard InChI is InChI=1S/C33H25F3O9/c1-43-27-17-20(18-28(37)44-19-32(30(39)40,31(41)42)22-7-3-2-4-8-22)11-16-26(27)45-29(38)25-10-6-5-9-24(25)21-12-14-23(15-13-21)33(34,35)36/h2-17H,18-19H2,1H3,(H,39,40)(H,41,42). The number of carbonyl (C=O) groups is 4. The monoisotopic (exact) mass is 622 g/mol. The zero-order valence-corrected chi connectivity index (χ0v) is 23.5. The molecule has 232 valence electrons. The van der Waals surface area contributed by atoms with Gasteiger partial charge >= 0.3 is 30.1 Å². The van der Waals surface area contributed by atoms with Crippen LogP contribution < -0.4 is 9.47 Å². The zero-order valence-electron chi connectivity index (χ0n) is 23.5. The van der Waals surface area contributed by atoms with E-state index in [9.17, 15) is 42.6 Å². The summed E-state index contributed by atoms with van der Waals surface area (Å²) in [5.74, 6) is -5.13. The van der Waals surface area contributed by atoms with Gasteiger partial charge in [0.25, 0.3) is 0 Å². The summed E-state index contributed by atoms with van der Waals surface area (Å²) in [6.45, 7) is -0.967. The number of carboxylic acid groups (broad SMARTS) is 2. The van der Waals surface area contributed by atoms with Crippen LogP contribution in [0.1, 0.15) is 27.0 Å². The first kappa shape index (κ1) is 32.3. The molecule has 0 fully saturated rings. The third kappa shape index (κ3) is 7.12. The lowest BCUT2D eigenvalue weighted by atomic mass is 9.81. The summed E-state index contributed by atoms with van der Waals surface area (Å²) < 4.78 is 54.9. The number of esters is 2. The number of halogens is 3. The molecule has 0 atom stereocenters. The van der Waals surface area contributed by atoms with Gasteiger partial charge in [0.15, 0.2) is 11.5 Å². The van der Waals surface area contributed by atoms with Crippen molar-refractivity contribution in [2.45, 2.75) is 18.0 Å². The predicted octanol–water partition coefficient (Wildman–Crippen LogP) is 5.79. The number of carbonyl (C=O) groups excluding carboxylic acids is 2. The minimum Gasteiger partial charge on any atom is -0.493 e. The highest BCUT2D eigenvalue weighted by Gasteiger charge is 2.50. The molecule has 0 saturated carbocycles. The molecule has 0 aliphatic rings. The van der Waals surface area contributed by atoms with Gasteiger partial charge in [-0.3, -0.25) is 14.4 Å². The molecule has 0 bridgehead atoms. The zero-order chi connectivity index (χ0) is 32.8. The third-order valence-electron chi connectivity index (χ3n) is 6.90. The van der Waals surface area contributed by atoms with Gasteiger partial charge in [-0.25, -0.2) is 4.79 Å². The molecule has 0 aliphatic heterocycles. The second-order valence-corrected chi connectivity index (χ2v) is 9.71. The molecule has 0 radical (unpaired) electrons. The van der Waals surface area contributed by atoms with E-state index in [1.807, 2.05) is 0 Å². The van der Waals surface area contributed by atoms with Crippen molar-refractivity contribution in [3.63, 3.8) is 0 Å². The maximum Gasteiger partial charge on any atom is 0.416 e. The van der Waals surface area contributed by atoms with Crippen LogP contribution in [0.15, 0.2) is 97.1 Å². The molecule has 9 nitrogen and oxygen atoms in total. The molecule has 4 aromatic rings. The Hall–Kier alpha value is -5.65. The van der Waals surface area contributed by atoms with Gasteiger partial charge in [0, 0.05) is 0 Å². The van der Waals surface area contributed by atoms with Crippen molar-refractivity contribution >= 4 is 23.9 Å². The first-order chi connectivity index (χ1) is 21.4. The van der Waals surface area contributed by atoms with Crippen LogP contribution in [0.2, 0.25) is 0 Å². The quantitative estimate of drug-likeness (QED) is 0.121. The van der Waals surface area contributed by atoms with E-state index in [4.69, 9.17) is 14.2 Å². The van der Waals surface area contributed by atoms with Gasteiger partial charge in [-0.05, 0) is 52.6 Å². The Morgan fingerprint density at radius 3 is 1.96 bits per heavy atom. The van der Waals surface area contributed by atoms with Crippen molar-refractivity contribution in [1.82, 2.24) is 0 Å². The van der Waals surface area contributed by atoms with Gasteiger partial charge in [-0.15, -0.1) is 0 Å². The summed E-state index contributed by atoms with van der Waals surface area (Å²) >= 11 is 0. The molecule has 0 spiro atoms. The molecule has 0 amide bonds. The second kappa shape index (κ2) is 13.3. The second-order valence-electron chi connectivity index (χ2n) is 9.71. The maximum atomic E-state index is 13.1. The summed E-state index contributed by atoms with van der Waals surface area (Å²) in [6, 6.07) is 21.8. The van der Waals surface area contributed by atoms with Gasteiger partial charge in [0.2, 0.25) is 5.41 Å². The van der Waals surface area contributed by atoms with Crippen molar-refractivity contribution in [2.24, 2.45) is 0 Å². The Bertz CT molecular complexity index is 1700. The molecular weight excluding hydrogens is 597 g/mol. The lowest BCUT2D eigenvalue weighted by Crippen LogP contribution is -2.48. The Labute approximate surface area is 254 Å². The maximum absolute atomic E-state index is 13.1. The summed E-state index contributed by atoms with van der Waals surface area (Å²) in [5, 5.41) is 19.5. The Morgan fingerprint density at radius 2 is 1.36 bits per heavy atom. The van der Waals surface area contributed by atoms with Crippen LogP contribution in [-0.2, 0) is 37.1 Å². The van der Waals surface area contributed by atoms with E-state index < -0.39 is 54.1 Å². The third-order valence-corrected chi connectivity index (χ3v) is 6.90. The van der Waals surface area contributed by atoms with E-state index >= 15 is 0 Å². The van der Waals surface area contributed by atoms with Gasteiger partial charge in [0.1, 0.15) is 6.61 Å². The van der Waals surface area contributed by atoms with Crippen molar-refractivity contribution in [3.05, 3.63) is 119 Å². The number of ether oxygens (including phenoxy) is 3. The van der Waals surface area contributed by atoms with Gasteiger partial charge < -0.3 is 24.4 Å². The number of aliphatic carboxylic acids is 2. The Morgan fingerprint density at radius 1 is 0.733 bits per heavy atom. The summed E-state index contributed by atoms with van der Waals surface area (Å²) in [5.41, 5.74) is -2.35. The SMILES string of the molecule is COc1cc(CC(=O)OCC(C(=O)O)(C(=O)O)c2ccccc2)ccc1OC(=O)c1ccccc1-c1ccc(C(F)(F)F)cc1. The number of hydrogen-bond acceptors (Lipinski definition) is 7. The van der Waals surface area contributed by atoms with Crippen LogP contribution in [-0.4, -0.2) is 47.8 Å². The number of hydrogen-bond donors (Lipinski definition) is 2. The van der Waals surface area contributed by atoms with Crippen molar-refractivity contribution in [2.75, 3.05) is 13.7 Å². The van der Waals surface area contributed by atoms with Crippen LogP contribution in [0.25, 0.3) is 11.1 Å². The largest absolute Gasteiger partial charge is 0.493 e. The molecule has 0 aliphatic carbocycles. The number of carboxylic acids is 2. The molecule has 4 rings (SSSR count). The Balaban J connectivity index is 1.49. The lowest BCUT2D eigenvalue weighted by molar-refractivity contribution is -0.164. The van der Waals surface area contributed by atoms with Gasteiger partial charge in [-0.1, -0.05) is 66.7 Å². The lowest BCUT2D eigenvalue weighted by Gasteiger charge is -2.25. The highest BCUT2D eigenvalue weighted by Crippen LogP contribution is 2.34. The minimum absolute atomic E-state index is 0.0262. The molecule has 0 saturated heterocycles. The molecule has 0 unspecified atom stereocenters. The predicted molar refractivity (Wildman–Crippen MR) is 153 cm³/mol. The molecule has 0 heterocycles. The van der Waals surface area contributed by atoms with Crippen molar-refractivity contribution in [3.8, 4) is 22.6 Å². The fraction of sp³-hybridized carbons (Fsp3) is 0.152. The Kier molecular flexibility index (Phi) is 9.56. The molecule has 12 heteroatoms. The molecule has 45 heavy (non-hydrogen) atoms. The van der Waals surface area contributed by atoms with E-state index in [1.165, 1.54) is 67.8 Å². The first-order valence-electron chi connectivity index (χ1n) is 13.2. The van der Waals surface area contributed by atoms with E-state index in [1.54, 1.807) is 24.3 Å². The first-order valence-corrected chi connectivity index (χ1v) is 13.2. The fourth-order valence-electron chi connectivity index (χ4n) is 4.49. The van der Waals surface area contributed by atoms with Crippen LogP contribution in [0.5, 0.6) is 11.5 Å². The van der Waals surface area contributed by atoms with Gasteiger partial charge in [-0.2, -0.15) is 13.2 Å². The molecule has 4 aromatic carbocycles. The van der Waals surface area contributed by atoms with E-state index in [0.717, 1.165) is 12.1 Å². The number of benzene rings is 4. The highest BCUT2D eigenvalue weighted by atomic mass is 19.4. The minimum atomic E-state index is -4.51. The van der Waals surface area contributed by atoms with Gasteiger partial charge in [0.05, 0.1) is 24.7 Å². The smallest absolute Gasteiger partial charge is 0.416 e. The summed E-state index contributed by atoms with van der Waals surface area (Å²) in [7, 11) is 1.29.